The molecule has 0 radical (unpaired) electrons. The van der Waals surface area contributed by atoms with Gasteiger partial charge < -0.3 is 9.84 Å². The summed E-state index contributed by atoms with van der Waals surface area (Å²) in [6.45, 7) is 17.1. The third-order valence-corrected chi connectivity index (χ3v) is 13.4. The van der Waals surface area contributed by atoms with Gasteiger partial charge in [0.25, 0.3) is 0 Å². The molecule has 3 heteroatoms. The third-order valence-electron chi connectivity index (χ3n) is 13.4. The lowest BCUT2D eigenvalue weighted by Gasteiger charge is -2.70. The van der Waals surface area contributed by atoms with Gasteiger partial charge in [0.05, 0.1) is 11.5 Å². The lowest BCUT2D eigenvalue weighted by Crippen LogP contribution is -2.64. The van der Waals surface area contributed by atoms with Crippen molar-refractivity contribution < 1.29 is 14.6 Å². The van der Waals surface area contributed by atoms with Gasteiger partial charge in [-0.2, -0.15) is 0 Å². The summed E-state index contributed by atoms with van der Waals surface area (Å²) in [4.78, 5) is 13.3. The number of allylic oxidation sites excluding steroid dienone is 2. The quantitative estimate of drug-likeness (QED) is 0.328. The Labute approximate surface area is 201 Å². The molecule has 0 unspecified atom stereocenters. The Balaban J connectivity index is 1.44. The molecule has 1 heterocycles. The lowest BCUT2D eigenvalue weighted by atomic mass is 9.33. The second-order valence-corrected chi connectivity index (χ2v) is 15.2. The van der Waals surface area contributed by atoms with Crippen LogP contribution in [0.3, 0.4) is 0 Å². The zero-order chi connectivity index (χ0) is 23.8. The van der Waals surface area contributed by atoms with Crippen LogP contribution < -0.4 is 0 Å². The van der Waals surface area contributed by atoms with Gasteiger partial charge in [-0.15, -0.1) is 0 Å². The molecule has 33 heavy (non-hydrogen) atoms. The highest BCUT2D eigenvalue weighted by Gasteiger charge is 2.71. The summed E-state index contributed by atoms with van der Waals surface area (Å²) in [5.41, 5.74) is 2.11. The zero-order valence-electron chi connectivity index (χ0n) is 22.1. The maximum atomic E-state index is 13.3. The number of carbonyl (C=O) groups is 1. The molecule has 0 aromatic carbocycles. The molecular weight excluding hydrogens is 408 g/mol. The highest BCUT2D eigenvalue weighted by atomic mass is 16.6. The number of ether oxygens (including phenoxy) is 1. The zero-order valence-corrected chi connectivity index (χ0v) is 22.1. The number of carbonyl (C=O) groups excluding carboxylic acids is 1. The molecule has 0 amide bonds. The Morgan fingerprint density at radius 2 is 1.64 bits per heavy atom. The van der Waals surface area contributed by atoms with Crippen LogP contribution in [0.1, 0.15) is 106 Å². The molecular formula is C30H46O3. The van der Waals surface area contributed by atoms with E-state index in [1.807, 2.05) is 0 Å². The fraction of sp³-hybridized carbons (Fsp3) is 0.900. The van der Waals surface area contributed by atoms with E-state index < -0.39 is 0 Å². The van der Waals surface area contributed by atoms with Crippen LogP contribution in [0.15, 0.2) is 11.6 Å². The van der Waals surface area contributed by atoms with Gasteiger partial charge in [0.1, 0.15) is 6.10 Å². The van der Waals surface area contributed by atoms with Crippen LogP contribution in [-0.2, 0) is 9.53 Å². The Hall–Kier alpha value is -0.830. The maximum Gasteiger partial charge on any atom is 0.313 e. The Bertz CT molecular complexity index is 931. The largest absolute Gasteiger partial charge is 0.461 e. The predicted octanol–water partition coefficient (Wildman–Crippen LogP) is 6.68. The second-order valence-electron chi connectivity index (χ2n) is 15.2. The number of hydrogen-bond acceptors (Lipinski definition) is 3. The highest BCUT2D eigenvalue weighted by molar-refractivity contribution is 5.81. The number of esters is 1. The Morgan fingerprint density at radius 3 is 2.36 bits per heavy atom. The highest BCUT2D eigenvalue weighted by Crippen LogP contribution is 2.76. The summed E-state index contributed by atoms with van der Waals surface area (Å²) in [6, 6.07) is 0. The van der Waals surface area contributed by atoms with E-state index >= 15 is 0 Å². The van der Waals surface area contributed by atoms with Crippen LogP contribution in [0.2, 0.25) is 0 Å². The summed E-state index contributed by atoms with van der Waals surface area (Å²) in [7, 11) is 0. The van der Waals surface area contributed by atoms with Crippen molar-refractivity contribution in [3.05, 3.63) is 11.6 Å². The maximum absolute atomic E-state index is 13.3. The van der Waals surface area contributed by atoms with Gasteiger partial charge in [0.15, 0.2) is 0 Å². The van der Waals surface area contributed by atoms with E-state index in [0.29, 0.717) is 17.8 Å². The number of aliphatic hydroxyl groups excluding tert-OH is 1. The van der Waals surface area contributed by atoms with Crippen LogP contribution in [0.25, 0.3) is 0 Å². The van der Waals surface area contributed by atoms with E-state index in [9.17, 15) is 9.90 Å². The molecule has 0 aromatic rings. The molecule has 1 saturated heterocycles. The van der Waals surface area contributed by atoms with Crippen molar-refractivity contribution in [1.29, 1.82) is 0 Å². The van der Waals surface area contributed by atoms with E-state index in [1.165, 1.54) is 12.8 Å². The molecule has 6 rings (SSSR count). The first-order chi connectivity index (χ1) is 15.2. The summed E-state index contributed by atoms with van der Waals surface area (Å²) in [5.74, 6) is 1.69. The molecule has 184 valence electrons. The van der Waals surface area contributed by atoms with E-state index in [4.69, 9.17) is 4.74 Å². The molecule has 6 aliphatic rings. The van der Waals surface area contributed by atoms with E-state index in [2.05, 4.69) is 54.5 Å². The fourth-order valence-electron chi connectivity index (χ4n) is 11.0. The molecule has 1 aliphatic heterocycles. The number of aliphatic hydroxyl groups is 1. The van der Waals surface area contributed by atoms with E-state index in [1.54, 1.807) is 5.57 Å². The van der Waals surface area contributed by atoms with Crippen LogP contribution in [-0.4, -0.2) is 23.3 Å². The van der Waals surface area contributed by atoms with Crippen LogP contribution in [0.5, 0.6) is 0 Å². The molecule has 2 bridgehead atoms. The number of rotatable bonds is 0. The van der Waals surface area contributed by atoms with Crippen molar-refractivity contribution in [3.8, 4) is 0 Å². The molecule has 5 aliphatic carbocycles. The van der Waals surface area contributed by atoms with Crippen molar-refractivity contribution in [1.82, 2.24) is 0 Å². The molecule has 0 aromatic heterocycles. The van der Waals surface area contributed by atoms with Gasteiger partial charge in [-0.05, 0) is 90.8 Å². The summed E-state index contributed by atoms with van der Waals surface area (Å²) >= 11 is 0. The monoisotopic (exact) mass is 454 g/mol. The van der Waals surface area contributed by atoms with Gasteiger partial charge in [-0.1, -0.05) is 60.1 Å². The minimum absolute atomic E-state index is 0.00807. The Morgan fingerprint density at radius 1 is 0.909 bits per heavy atom. The normalized spacial score (nSPS) is 55.9. The smallest absolute Gasteiger partial charge is 0.313 e. The van der Waals surface area contributed by atoms with E-state index in [-0.39, 0.29) is 50.7 Å². The first-order valence-electron chi connectivity index (χ1n) is 13.8. The molecule has 1 N–H and O–H groups in total. The fourth-order valence-corrected chi connectivity index (χ4v) is 11.0. The van der Waals surface area contributed by atoms with Crippen molar-refractivity contribution in [2.45, 2.75) is 118 Å². The third kappa shape index (κ3) is 2.44. The molecule has 9 atom stereocenters. The first kappa shape index (κ1) is 22.6. The Kier molecular flexibility index (Phi) is 4.31. The first-order valence-corrected chi connectivity index (χ1v) is 13.8. The van der Waals surface area contributed by atoms with E-state index in [0.717, 1.165) is 44.9 Å². The van der Waals surface area contributed by atoms with Crippen LogP contribution >= 0.6 is 0 Å². The van der Waals surface area contributed by atoms with Crippen molar-refractivity contribution in [3.63, 3.8) is 0 Å². The summed E-state index contributed by atoms with van der Waals surface area (Å²) in [6.07, 6.45) is 12.4. The molecule has 1 spiro atoms. The van der Waals surface area contributed by atoms with Gasteiger partial charge in [0, 0.05) is 11.8 Å². The van der Waals surface area contributed by atoms with Gasteiger partial charge in [-0.3, -0.25) is 4.79 Å². The van der Waals surface area contributed by atoms with Gasteiger partial charge in [0.2, 0.25) is 0 Å². The molecule has 5 fully saturated rings. The SMILES string of the molecule is CC1(C)C[C@H]2C3=CC[C@@H]4[C@@]5(C)CC[C@H](O)C(C)(C)[C@@H]5CC[C@@]4(C)[C@]3(C)CC[C@@]23C[C@@H]1OC3=O. The minimum Gasteiger partial charge on any atom is -0.461 e. The van der Waals surface area contributed by atoms with Gasteiger partial charge in [-0.25, -0.2) is 0 Å². The summed E-state index contributed by atoms with van der Waals surface area (Å²) < 4.78 is 6.03. The van der Waals surface area contributed by atoms with Gasteiger partial charge >= 0.3 is 5.97 Å². The van der Waals surface area contributed by atoms with Crippen LogP contribution in [0, 0.1) is 50.2 Å². The van der Waals surface area contributed by atoms with Crippen molar-refractivity contribution >= 4 is 5.97 Å². The van der Waals surface area contributed by atoms with Crippen molar-refractivity contribution in [2.24, 2.45) is 50.2 Å². The standard InChI is InChI=1S/C30H46O3/c1-25(2)16-19-18-8-9-21-27(5)12-11-22(31)26(3,4)20(27)10-13-29(21,7)28(18,6)14-15-30(19)17-23(25)33-24(30)32/h8,19-23,31H,9-17H2,1-7H3/t19-,20-,21+,22-,23-,27-,28+,29+,30+/m0/s1. The minimum atomic E-state index is -0.257. The van der Waals surface area contributed by atoms with Crippen molar-refractivity contribution in [2.75, 3.05) is 0 Å². The average Bonchev–Trinajstić information content (AvgIpc) is 3.03. The topological polar surface area (TPSA) is 46.5 Å². The molecule has 3 nitrogen and oxygen atoms in total. The summed E-state index contributed by atoms with van der Waals surface area (Å²) in [5, 5.41) is 10.9. The average molecular weight is 455 g/mol. The lowest BCUT2D eigenvalue weighted by molar-refractivity contribution is -0.202. The predicted molar refractivity (Wildman–Crippen MR) is 130 cm³/mol. The molecule has 4 saturated carbocycles. The second kappa shape index (κ2) is 6.29. The number of fused-ring (bicyclic) bond motifs is 7. The number of hydrogen-bond donors (Lipinski definition) is 1. The van der Waals surface area contributed by atoms with Crippen LogP contribution in [0.4, 0.5) is 0 Å².